The van der Waals surface area contributed by atoms with E-state index in [-0.39, 0.29) is 19.0 Å². The van der Waals surface area contributed by atoms with Crippen molar-refractivity contribution in [3.8, 4) is 0 Å². The molecule has 9 heteroatoms. The van der Waals surface area contributed by atoms with E-state index < -0.39 is 27.4 Å². The first-order valence-electron chi connectivity index (χ1n) is 7.52. The number of rotatable bonds is 3. The quantitative estimate of drug-likeness (QED) is 0.784. The molecule has 2 rings (SSSR count). The monoisotopic (exact) mass is 333 g/mol. The number of carbonyl (C=O) groups excluding carboxylic acids is 1. The molecule has 2 heterocycles. The van der Waals surface area contributed by atoms with Gasteiger partial charge < -0.3 is 10.0 Å². The van der Waals surface area contributed by atoms with Crippen molar-refractivity contribution in [3.05, 3.63) is 0 Å². The highest BCUT2D eigenvalue weighted by atomic mass is 32.2. The normalized spacial score (nSPS) is 24.0. The predicted octanol–water partition coefficient (Wildman–Crippen LogP) is 0.0112. The summed E-state index contributed by atoms with van der Waals surface area (Å²) in [7, 11) is -3.30. The smallest absolute Gasteiger partial charge is 0.407 e. The average Bonchev–Trinajstić information content (AvgIpc) is 2.96. The van der Waals surface area contributed by atoms with Gasteiger partial charge in [-0.15, -0.1) is 0 Å². The fraction of sp³-hybridized carbons (Fsp3) is 0.846. The summed E-state index contributed by atoms with van der Waals surface area (Å²) in [6, 6.07) is -0.620. The molecule has 1 atom stereocenters. The maximum absolute atomic E-state index is 12.5. The molecule has 0 radical (unpaired) electrons. The highest BCUT2D eigenvalue weighted by Crippen LogP contribution is 2.21. The lowest BCUT2D eigenvalue weighted by Gasteiger charge is -2.36. The van der Waals surface area contributed by atoms with Crippen LogP contribution in [0.5, 0.6) is 0 Å². The first kappa shape index (κ1) is 17.0. The van der Waals surface area contributed by atoms with Crippen LogP contribution in [-0.4, -0.2) is 83.6 Å². The van der Waals surface area contributed by atoms with Crippen molar-refractivity contribution in [2.45, 2.75) is 38.0 Å². The largest absolute Gasteiger partial charge is 0.465 e. The minimum Gasteiger partial charge on any atom is -0.465 e. The van der Waals surface area contributed by atoms with E-state index >= 15 is 0 Å². The van der Waals surface area contributed by atoms with Crippen LogP contribution >= 0.6 is 0 Å². The van der Waals surface area contributed by atoms with Crippen molar-refractivity contribution >= 4 is 22.0 Å². The molecule has 0 aromatic carbocycles. The van der Waals surface area contributed by atoms with E-state index in [1.54, 1.807) is 18.7 Å². The van der Waals surface area contributed by atoms with Gasteiger partial charge >= 0.3 is 6.09 Å². The zero-order valence-electron chi connectivity index (χ0n) is 12.9. The summed E-state index contributed by atoms with van der Waals surface area (Å²) >= 11 is 0. The Labute approximate surface area is 130 Å². The number of carboxylic acid groups (broad SMARTS) is 1. The topological polar surface area (TPSA) is 98.2 Å². The molecule has 2 aliphatic heterocycles. The second-order valence-electron chi connectivity index (χ2n) is 5.95. The minimum atomic E-state index is -3.30. The molecule has 0 aromatic rings. The van der Waals surface area contributed by atoms with E-state index in [0.29, 0.717) is 32.5 Å². The lowest BCUT2D eigenvalue weighted by molar-refractivity contribution is -0.136. The zero-order chi connectivity index (χ0) is 16.5. The van der Waals surface area contributed by atoms with Crippen LogP contribution in [0.4, 0.5) is 4.79 Å². The van der Waals surface area contributed by atoms with Crippen LogP contribution < -0.4 is 0 Å². The molecular formula is C13H23N3O5S. The molecule has 0 bridgehead atoms. The fourth-order valence-electron chi connectivity index (χ4n) is 2.92. The molecule has 0 unspecified atom stereocenters. The number of hydrogen-bond acceptors (Lipinski definition) is 4. The molecule has 0 spiro atoms. The van der Waals surface area contributed by atoms with Gasteiger partial charge in [0, 0.05) is 32.7 Å². The Morgan fingerprint density at radius 2 is 1.68 bits per heavy atom. The number of amides is 2. The third-order valence-corrected chi connectivity index (χ3v) is 6.57. The summed E-state index contributed by atoms with van der Waals surface area (Å²) in [5.41, 5.74) is 0. The summed E-state index contributed by atoms with van der Waals surface area (Å²) in [5, 5.41) is 8.63. The molecule has 2 aliphatic rings. The summed E-state index contributed by atoms with van der Waals surface area (Å²) in [4.78, 5) is 26.3. The number of carbonyl (C=O) groups is 2. The summed E-state index contributed by atoms with van der Waals surface area (Å²) in [6.45, 7) is 4.82. The van der Waals surface area contributed by atoms with Crippen LogP contribution in [0, 0.1) is 0 Å². The Hall–Kier alpha value is -1.35. The van der Waals surface area contributed by atoms with Crippen LogP contribution in [0.15, 0.2) is 0 Å². The first-order valence-corrected chi connectivity index (χ1v) is 9.02. The number of hydrogen-bond donors (Lipinski definition) is 1. The number of piperazine rings is 1. The van der Waals surface area contributed by atoms with Crippen LogP contribution in [0.1, 0.15) is 26.7 Å². The lowest BCUT2D eigenvalue weighted by atomic mass is 10.2. The average molecular weight is 333 g/mol. The molecule has 22 heavy (non-hydrogen) atoms. The van der Waals surface area contributed by atoms with Crippen LogP contribution in [-0.2, 0) is 14.8 Å². The summed E-state index contributed by atoms with van der Waals surface area (Å²) in [5.74, 6) is -0.207. The number of likely N-dealkylation sites (tertiary alicyclic amines) is 1. The predicted molar refractivity (Wildman–Crippen MR) is 80.0 cm³/mol. The fourth-order valence-corrected chi connectivity index (χ4v) is 4.19. The van der Waals surface area contributed by atoms with Gasteiger partial charge in [-0.3, -0.25) is 9.69 Å². The summed E-state index contributed by atoms with van der Waals surface area (Å²) < 4.78 is 25.6. The Morgan fingerprint density at radius 3 is 2.18 bits per heavy atom. The van der Waals surface area contributed by atoms with Gasteiger partial charge in [0.25, 0.3) is 0 Å². The van der Waals surface area contributed by atoms with Crippen LogP contribution in [0.3, 0.4) is 0 Å². The highest BCUT2D eigenvalue weighted by Gasteiger charge is 2.38. The van der Waals surface area contributed by atoms with E-state index in [1.165, 1.54) is 9.21 Å². The van der Waals surface area contributed by atoms with Gasteiger partial charge in [0.05, 0.1) is 5.25 Å². The molecule has 0 aliphatic carbocycles. The van der Waals surface area contributed by atoms with E-state index in [1.807, 2.05) is 0 Å². The van der Waals surface area contributed by atoms with Gasteiger partial charge in [-0.05, 0) is 26.7 Å². The zero-order valence-corrected chi connectivity index (χ0v) is 13.8. The SMILES string of the molecule is CC(C)S(=O)(=O)N1CCN(C(=O)[C@@H]2CCCN2C(=O)O)CC1. The third-order valence-electron chi connectivity index (χ3n) is 4.29. The molecule has 1 N–H and O–H groups in total. The van der Waals surface area contributed by atoms with Crippen LogP contribution in [0.25, 0.3) is 0 Å². The summed E-state index contributed by atoms with van der Waals surface area (Å²) in [6.07, 6.45) is 0.150. The van der Waals surface area contributed by atoms with Crippen molar-refractivity contribution in [3.63, 3.8) is 0 Å². The highest BCUT2D eigenvalue weighted by molar-refractivity contribution is 7.89. The van der Waals surface area contributed by atoms with Gasteiger partial charge in [0.1, 0.15) is 6.04 Å². The molecule has 0 aromatic heterocycles. The minimum absolute atomic E-state index is 0.207. The van der Waals surface area contributed by atoms with Crippen molar-refractivity contribution < 1.29 is 23.1 Å². The first-order chi connectivity index (χ1) is 10.2. The van der Waals surface area contributed by atoms with Gasteiger partial charge in [0.15, 0.2) is 0 Å². The molecule has 2 saturated heterocycles. The van der Waals surface area contributed by atoms with Gasteiger partial charge in [-0.25, -0.2) is 13.2 Å². The second-order valence-corrected chi connectivity index (χ2v) is 8.44. The molecule has 126 valence electrons. The molecule has 2 amide bonds. The maximum Gasteiger partial charge on any atom is 0.407 e. The third kappa shape index (κ3) is 3.19. The van der Waals surface area contributed by atoms with Crippen molar-refractivity contribution in [2.75, 3.05) is 32.7 Å². The van der Waals surface area contributed by atoms with Crippen LogP contribution in [0.2, 0.25) is 0 Å². The van der Waals surface area contributed by atoms with E-state index in [9.17, 15) is 18.0 Å². The van der Waals surface area contributed by atoms with E-state index in [2.05, 4.69) is 0 Å². The van der Waals surface area contributed by atoms with Crippen molar-refractivity contribution in [1.29, 1.82) is 0 Å². The Balaban J connectivity index is 1.97. The van der Waals surface area contributed by atoms with Crippen molar-refractivity contribution in [1.82, 2.24) is 14.1 Å². The van der Waals surface area contributed by atoms with Crippen molar-refractivity contribution in [2.24, 2.45) is 0 Å². The Kier molecular flexibility index (Phi) is 4.96. The maximum atomic E-state index is 12.5. The van der Waals surface area contributed by atoms with Gasteiger partial charge in [-0.2, -0.15) is 4.31 Å². The molecule has 8 nitrogen and oxygen atoms in total. The van der Waals surface area contributed by atoms with Gasteiger partial charge in [-0.1, -0.05) is 0 Å². The number of sulfonamides is 1. The Morgan fingerprint density at radius 1 is 1.09 bits per heavy atom. The molecular weight excluding hydrogens is 310 g/mol. The lowest BCUT2D eigenvalue weighted by Crippen LogP contribution is -2.55. The molecule has 2 fully saturated rings. The van der Waals surface area contributed by atoms with Gasteiger partial charge in [0.2, 0.25) is 15.9 Å². The standard InChI is InChI=1S/C13H23N3O5S/c1-10(2)22(20,21)15-8-6-14(7-9-15)12(17)11-4-3-5-16(11)13(18)19/h10-11H,3-9H2,1-2H3,(H,18,19)/t11-/m0/s1. The number of nitrogens with zero attached hydrogens (tertiary/aromatic N) is 3. The Bertz CT molecular complexity index is 540. The van der Waals surface area contributed by atoms with E-state index in [4.69, 9.17) is 5.11 Å². The molecule has 0 saturated carbocycles. The van der Waals surface area contributed by atoms with E-state index in [0.717, 1.165) is 0 Å². The second kappa shape index (κ2) is 6.41.